The van der Waals surface area contributed by atoms with Crippen LogP contribution in [0.3, 0.4) is 0 Å². The summed E-state index contributed by atoms with van der Waals surface area (Å²) in [6.45, 7) is 2.12. The van der Waals surface area contributed by atoms with Crippen LogP contribution in [-0.4, -0.2) is 19.2 Å². The highest BCUT2D eigenvalue weighted by Crippen LogP contribution is 2.35. The lowest BCUT2D eigenvalue weighted by Gasteiger charge is -2.08. The molecule has 0 spiro atoms. The molecule has 0 aliphatic carbocycles. The van der Waals surface area contributed by atoms with Crippen molar-refractivity contribution < 1.29 is 0 Å². The van der Waals surface area contributed by atoms with Gasteiger partial charge in [-0.3, -0.25) is 0 Å². The number of para-hydroxylation sites is 2. The average Bonchev–Trinajstić information content (AvgIpc) is 3.26. The van der Waals surface area contributed by atoms with E-state index in [0.29, 0.717) is 5.15 Å². The number of aromatic nitrogens is 4. The molecule has 26 heavy (non-hydrogen) atoms. The van der Waals surface area contributed by atoms with Gasteiger partial charge in [-0.2, -0.15) is 5.10 Å². The van der Waals surface area contributed by atoms with E-state index in [1.807, 2.05) is 12.3 Å². The Morgan fingerprint density at radius 2 is 1.77 bits per heavy atom. The minimum Gasteiger partial charge on any atom is -0.316 e. The highest BCUT2D eigenvalue weighted by molar-refractivity contribution is 6.29. The van der Waals surface area contributed by atoms with Crippen LogP contribution in [0.25, 0.3) is 33.4 Å². The first kappa shape index (κ1) is 15.2. The third-order valence-corrected chi connectivity index (χ3v) is 4.89. The molecule has 0 saturated heterocycles. The van der Waals surface area contributed by atoms with E-state index in [0.717, 1.165) is 33.4 Å². The molecule has 0 amide bonds. The molecule has 126 valence electrons. The zero-order valence-corrected chi connectivity index (χ0v) is 14.9. The van der Waals surface area contributed by atoms with Crippen LogP contribution in [0.15, 0.2) is 73.2 Å². The van der Waals surface area contributed by atoms with Crippen LogP contribution in [0.4, 0.5) is 0 Å². The lowest BCUT2D eigenvalue weighted by Crippen LogP contribution is -1.95. The first-order valence-electron chi connectivity index (χ1n) is 8.39. The largest absolute Gasteiger partial charge is 0.316 e. The van der Waals surface area contributed by atoms with Crippen molar-refractivity contribution in [2.24, 2.45) is 0 Å². The van der Waals surface area contributed by atoms with Crippen molar-refractivity contribution in [2.45, 2.75) is 6.92 Å². The number of imidazole rings is 1. The van der Waals surface area contributed by atoms with Crippen molar-refractivity contribution in [3.05, 3.63) is 83.9 Å². The number of hydrogen-bond acceptors (Lipinski definition) is 2. The molecule has 5 aromatic rings. The fraction of sp³-hybridized carbons (Fsp3) is 0.0476. The average molecular weight is 359 g/mol. The zero-order valence-electron chi connectivity index (χ0n) is 14.1. The molecule has 5 rings (SSSR count). The minimum atomic E-state index is 0.443. The maximum atomic E-state index is 6.26. The van der Waals surface area contributed by atoms with Crippen molar-refractivity contribution in [3.8, 4) is 16.8 Å². The van der Waals surface area contributed by atoms with E-state index in [-0.39, 0.29) is 0 Å². The smallest absolute Gasteiger partial charge is 0.161 e. The lowest BCUT2D eigenvalue weighted by atomic mass is 10.1. The van der Waals surface area contributed by atoms with Crippen molar-refractivity contribution in [1.29, 1.82) is 0 Å². The summed E-state index contributed by atoms with van der Waals surface area (Å²) in [6, 6.07) is 18.6. The monoisotopic (exact) mass is 358 g/mol. The van der Waals surface area contributed by atoms with Crippen LogP contribution in [0.2, 0.25) is 5.15 Å². The maximum absolute atomic E-state index is 6.26. The van der Waals surface area contributed by atoms with Gasteiger partial charge < -0.3 is 4.57 Å². The first-order valence-corrected chi connectivity index (χ1v) is 8.76. The predicted molar refractivity (Wildman–Crippen MR) is 105 cm³/mol. The molecule has 4 nitrogen and oxygen atoms in total. The number of benzene rings is 2. The maximum Gasteiger partial charge on any atom is 0.161 e. The standard InChI is InChI=1S/C21H15ClN4/c1-14-6-2-4-8-18(14)25-13-17(15-7-3-5-9-19(15)25)16-12-20(22)24-26-11-10-23-21(16)26/h2-13H,1H3. The van der Waals surface area contributed by atoms with E-state index < -0.39 is 0 Å². The Hall–Kier alpha value is -3.11. The minimum absolute atomic E-state index is 0.443. The third kappa shape index (κ3) is 2.23. The molecule has 5 heteroatoms. The molecule has 2 aromatic carbocycles. The normalized spacial score (nSPS) is 11.5. The predicted octanol–water partition coefficient (Wildman–Crippen LogP) is 5.30. The van der Waals surface area contributed by atoms with Crippen molar-refractivity contribution >= 4 is 28.2 Å². The van der Waals surface area contributed by atoms with Crippen molar-refractivity contribution in [1.82, 2.24) is 19.2 Å². The molecule has 0 aliphatic rings. The Kier molecular flexibility index (Phi) is 3.33. The summed E-state index contributed by atoms with van der Waals surface area (Å²) in [4.78, 5) is 4.48. The summed E-state index contributed by atoms with van der Waals surface area (Å²) >= 11 is 6.26. The summed E-state index contributed by atoms with van der Waals surface area (Å²) in [6.07, 6.45) is 5.71. The molecule has 3 heterocycles. The summed E-state index contributed by atoms with van der Waals surface area (Å²) in [5.41, 5.74) is 6.38. The number of hydrogen-bond donors (Lipinski definition) is 0. The van der Waals surface area contributed by atoms with E-state index in [9.17, 15) is 0 Å². The van der Waals surface area contributed by atoms with Gasteiger partial charge in [-0.25, -0.2) is 9.50 Å². The van der Waals surface area contributed by atoms with E-state index >= 15 is 0 Å². The van der Waals surface area contributed by atoms with Crippen LogP contribution in [-0.2, 0) is 0 Å². The molecule has 0 saturated carbocycles. The second-order valence-electron chi connectivity index (χ2n) is 6.29. The number of fused-ring (bicyclic) bond motifs is 2. The van der Waals surface area contributed by atoms with Crippen LogP contribution in [0, 0.1) is 6.92 Å². The lowest BCUT2D eigenvalue weighted by molar-refractivity contribution is 0.938. The van der Waals surface area contributed by atoms with Gasteiger partial charge in [-0.15, -0.1) is 0 Å². The molecular weight excluding hydrogens is 344 g/mol. The highest BCUT2D eigenvalue weighted by atomic mass is 35.5. The van der Waals surface area contributed by atoms with Crippen LogP contribution in [0.1, 0.15) is 5.56 Å². The van der Waals surface area contributed by atoms with Gasteiger partial charge in [0, 0.05) is 40.8 Å². The fourth-order valence-electron chi connectivity index (χ4n) is 3.51. The van der Waals surface area contributed by atoms with Gasteiger partial charge in [0.15, 0.2) is 10.8 Å². The molecule has 0 atom stereocenters. The van der Waals surface area contributed by atoms with Gasteiger partial charge in [0.05, 0.1) is 5.52 Å². The molecule has 0 fully saturated rings. The number of halogens is 1. The Morgan fingerprint density at radius 1 is 0.962 bits per heavy atom. The molecule has 3 aromatic heterocycles. The quantitative estimate of drug-likeness (QED) is 0.429. The Bertz CT molecular complexity index is 1270. The Labute approximate surface area is 155 Å². The number of nitrogens with zero attached hydrogens (tertiary/aromatic N) is 4. The van der Waals surface area contributed by atoms with Crippen molar-refractivity contribution in [2.75, 3.05) is 0 Å². The number of rotatable bonds is 2. The van der Waals surface area contributed by atoms with Gasteiger partial charge in [0.2, 0.25) is 0 Å². The molecule has 0 N–H and O–H groups in total. The summed E-state index contributed by atoms with van der Waals surface area (Å²) in [5, 5.41) is 5.89. The summed E-state index contributed by atoms with van der Waals surface area (Å²) in [7, 11) is 0. The Morgan fingerprint density at radius 3 is 2.65 bits per heavy atom. The van der Waals surface area contributed by atoms with E-state index in [1.54, 1.807) is 10.7 Å². The van der Waals surface area contributed by atoms with E-state index in [1.165, 1.54) is 5.56 Å². The van der Waals surface area contributed by atoms with Crippen LogP contribution < -0.4 is 0 Å². The fourth-order valence-corrected chi connectivity index (χ4v) is 3.70. The second-order valence-corrected chi connectivity index (χ2v) is 6.68. The van der Waals surface area contributed by atoms with E-state index in [4.69, 9.17) is 11.6 Å². The topological polar surface area (TPSA) is 35.1 Å². The molecule has 0 bridgehead atoms. The molecule has 0 aliphatic heterocycles. The SMILES string of the molecule is Cc1ccccc1-n1cc(-c2cc(Cl)nn3ccnc23)c2ccccc21. The highest BCUT2D eigenvalue weighted by Gasteiger charge is 2.16. The van der Waals surface area contributed by atoms with E-state index in [2.05, 4.69) is 76.3 Å². The molecular formula is C21H15ClN4. The van der Waals surface area contributed by atoms with Crippen molar-refractivity contribution in [3.63, 3.8) is 0 Å². The van der Waals surface area contributed by atoms with Gasteiger partial charge in [0.1, 0.15) is 0 Å². The Balaban J connectivity index is 1.88. The van der Waals surface area contributed by atoms with Gasteiger partial charge >= 0.3 is 0 Å². The molecule has 0 unspecified atom stereocenters. The summed E-state index contributed by atoms with van der Waals surface area (Å²) < 4.78 is 3.95. The summed E-state index contributed by atoms with van der Waals surface area (Å²) in [5.74, 6) is 0. The third-order valence-electron chi connectivity index (χ3n) is 4.71. The van der Waals surface area contributed by atoms with Gasteiger partial charge in [-0.05, 0) is 30.7 Å². The number of aryl methyl sites for hydroxylation is 1. The first-order chi connectivity index (χ1) is 12.7. The second kappa shape index (κ2) is 5.71. The van der Waals surface area contributed by atoms with Gasteiger partial charge in [0.25, 0.3) is 0 Å². The zero-order chi connectivity index (χ0) is 17.7. The van der Waals surface area contributed by atoms with Crippen LogP contribution >= 0.6 is 11.6 Å². The van der Waals surface area contributed by atoms with Crippen LogP contribution in [0.5, 0.6) is 0 Å². The van der Waals surface area contributed by atoms with Gasteiger partial charge in [-0.1, -0.05) is 48.0 Å². The molecule has 0 radical (unpaired) electrons.